The Kier molecular flexibility index (Phi) is 7.39. The van der Waals surface area contributed by atoms with E-state index in [4.69, 9.17) is 14.2 Å². The third-order valence-electron chi connectivity index (χ3n) is 4.68. The number of hydrogen-bond acceptors (Lipinski definition) is 9. The summed E-state index contributed by atoms with van der Waals surface area (Å²) in [7, 11) is 1.49. The molecule has 1 fully saturated rings. The molecule has 0 spiro atoms. The van der Waals surface area contributed by atoms with Gasteiger partial charge in [0.2, 0.25) is 5.95 Å². The van der Waals surface area contributed by atoms with E-state index in [1.807, 2.05) is 20.8 Å². The molecule has 0 atom stereocenters. The summed E-state index contributed by atoms with van der Waals surface area (Å²) in [6.45, 7) is 5.46. The van der Waals surface area contributed by atoms with Gasteiger partial charge in [-0.15, -0.1) is 0 Å². The molecular formula is C21H28N6O5. The Morgan fingerprint density at radius 2 is 1.47 bits per heavy atom. The van der Waals surface area contributed by atoms with E-state index in [1.54, 1.807) is 24.8 Å². The van der Waals surface area contributed by atoms with Gasteiger partial charge >= 0.3 is 18.2 Å². The Bertz CT molecular complexity index is 906. The molecule has 2 N–H and O–H groups in total. The number of amides is 2. The highest BCUT2D eigenvalue weighted by molar-refractivity contribution is 5.82. The van der Waals surface area contributed by atoms with Gasteiger partial charge in [-0.25, -0.2) is 29.5 Å². The largest absolute Gasteiger partial charge is 0.467 e. The predicted octanol–water partition coefficient (Wildman–Crippen LogP) is 3.33. The first-order chi connectivity index (χ1) is 15.2. The predicted molar refractivity (Wildman–Crippen MR) is 115 cm³/mol. The lowest BCUT2D eigenvalue weighted by molar-refractivity contribution is 0.0440. The molecular weight excluding hydrogens is 416 g/mol. The summed E-state index contributed by atoms with van der Waals surface area (Å²) in [5.74, 6) is 0.133. The SMILES string of the molecule is COc1ncc(-c2cnc(NC(=O)OC3CCC(NC(=O)OC(C)(C)C)CC3)nc2)cn1. The second-order valence-electron chi connectivity index (χ2n) is 8.40. The standard InChI is InChI=1S/C21H28N6O5/c1-21(2,3)32-20(29)26-15-5-7-16(8-6-15)31-19(28)27-17-22-9-13(10-23-17)14-11-24-18(30-4)25-12-14/h9-12,15-16H,5-8H2,1-4H3,(H,26,29)(H,22,23,27,28). The summed E-state index contributed by atoms with van der Waals surface area (Å²) in [5.41, 5.74) is 0.879. The zero-order chi connectivity index (χ0) is 23.1. The van der Waals surface area contributed by atoms with E-state index >= 15 is 0 Å². The van der Waals surface area contributed by atoms with Crippen molar-refractivity contribution >= 4 is 18.1 Å². The molecule has 172 valence electrons. The molecule has 0 radical (unpaired) electrons. The van der Waals surface area contributed by atoms with E-state index in [2.05, 4.69) is 30.6 Å². The van der Waals surface area contributed by atoms with Crippen molar-refractivity contribution in [3.8, 4) is 17.1 Å². The first-order valence-corrected chi connectivity index (χ1v) is 10.4. The maximum Gasteiger partial charge on any atom is 0.414 e. The number of rotatable bonds is 5. The van der Waals surface area contributed by atoms with Crippen molar-refractivity contribution < 1.29 is 23.8 Å². The minimum atomic E-state index is -0.617. The zero-order valence-corrected chi connectivity index (χ0v) is 18.6. The Hall–Kier alpha value is -3.50. The lowest BCUT2D eigenvalue weighted by Crippen LogP contribution is -2.42. The highest BCUT2D eigenvalue weighted by Crippen LogP contribution is 2.22. The van der Waals surface area contributed by atoms with Gasteiger partial charge in [0, 0.05) is 42.0 Å². The van der Waals surface area contributed by atoms with Crippen LogP contribution in [-0.4, -0.2) is 57.0 Å². The van der Waals surface area contributed by atoms with E-state index in [1.165, 1.54) is 7.11 Å². The number of ether oxygens (including phenoxy) is 3. The van der Waals surface area contributed by atoms with E-state index < -0.39 is 17.8 Å². The Morgan fingerprint density at radius 3 is 2.00 bits per heavy atom. The van der Waals surface area contributed by atoms with Gasteiger partial charge in [-0.3, -0.25) is 5.32 Å². The molecule has 0 aliphatic heterocycles. The van der Waals surface area contributed by atoms with Crippen LogP contribution in [0.3, 0.4) is 0 Å². The average molecular weight is 444 g/mol. The highest BCUT2D eigenvalue weighted by Gasteiger charge is 2.26. The number of nitrogens with zero attached hydrogens (tertiary/aromatic N) is 4. The molecule has 0 bridgehead atoms. The number of alkyl carbamates (subject to hydrolysis) is 1. The number of aromatic nitrogens is 4. The van der Waals surface area contributed by atoms with Crippen molar-refractivity contribution in [3.63, 3.8) is 0 Å². The lowest BCUT2D eigenvalue weighted by Gasteiger charge is -2.29. The summed E-state index contributed by atoms with van der Waals surface area (Å²) in [6.07, 6.45) is 7.72. The van der Waals surface area contributed by atoms with E-state index in [0.717, 1.165) is 5.56 Å². The molecule has 1 aliphatic carbocycles. The molecule has 0 saturated heterocycles. The number of nitrogens with one attached hydrogen (secondary N) is 2. The normalized spacial score (nSPS) is 18.4. The van der Waals surface area contributed by atoms with Crippen LogP contribution in [-0.2, 0) is 9.47 Å². The topological polar surface area (TPSA) is 137 Å². The van der Waals surface area contributed by atoms with E-state index in [0.29, 0.717) is 31.2 Å². The molecule has 11 nitrogen and oxygen atoms in total. The fourth-order valence-electron chi connectivity index (χ4n) is 3.18. The fraction of sp³-hybridized carbons (Fsp3) is 0.524. The first kappa shape index (κ1) is 23.2. The number of methoxy groups -OCH3 is 1. The number of carbonyl (C=O) groups is 2. The Labute approximate surface area is 186 Å². The van der Waals surface area contributed by atoms with E-state index in [-0.39, 0.29) is 24.1 Å². The van der Waals surface area contributed by atoms with Crippen LogP contribution in [0.15, 0.2) is 24.8 Å². The molecule has 1 aliphatic rings. The quantitative estimate of drug-likeness (QED) is 0.711. The smallest absolute Gasteiger partial charge is 0.414 e. The summed E-state index contributed by atoms with van der Waals surface area (Å²) >= 11 is 0. The molecule has 1 saturated carbocycles. The Balaban J connectivity index is 1.42. The average Bonchev–Trinajstić information content (AvgIpc) is 2.74. The van der Waals surface area contributed by atoms with Crippen molar-refractivity contribution in [1.82, 2.24) is 25.3 Å². The number of hydrogen-bond donors (Lipinski definition) is 2. The maximum absolute atomic E-state index is 12.2. The van der Waals surface area contributed by atoms with Crippen molar-refractivity contribution in [3.05, 3.63) is 24.8 Å². The highest BCUT2D eigenvalue weighted by atomic mass is 16.6. The first-order valence-electron chi connectivity index (χ1n) is 10.4. The summed E-state index contributed by atoms with van der Waals surface area (Å²) in [6, 6.07) is 0.274. The molecule has 2 heterocycles. The van der Waals surface area contributed by atoms with Gasteiger partial charge in [-0.2, -0.15) is 0 Å². The van der Waals surface area contributed by atoms with Gasteiger partial charge in [0.1, 0.15) is 11.7 Å². The van der Waals surface area contributed by atoms with Crippen molar-refractivity contribution in [2.45, 2.75) is 64.2 Å². The molecule has 2 aromatic heterocycles. The van der Waals surface area contributed by atoms with Crippen LogP contribution in [0.2, 0.25) is 0 Å². The molecule has 3 rings (SSSR count). The second-order valence-corrected chi connectivity index (χ2v) is 8.40. The second kappa shape index (κ2) is 10.2. The fourth-order valence-corrected chi connectivity index (χ4v) is 3.18. The third kappa shape index (κ3) is 7.03. The van der Waals surface area contributed by atoms with Crippen LogP contribution in [0.4, 0.5) is 15.5 Å². The molecule has 32 heavy (non-hydrogen) atoms. The van der Waals surface area contributed by atoms with Crippen molar-refractivity contribution in [2.75, 3.05) is 12.4 Å². The molecule has 0 unspecified atom stereocenters. The summed E-state index contributed by atoms with van der Waals surface area (Å²) in [4.78, 5) is 40.4. The van der Waals surface area contributed by atoms with Crippen LogP contribution in [0.5, 0.6) is 6.01 Å². The van der Waals surface area contributed by atoms with E-state index in [9.17, 15) is 9.59 Å². The van der Waals surface area contributed by atoms with Gasteiger partial charge in [-0.05, 0) is 46.5 Å². The van der Waals surface area contributed by atoms with Gasteiger partial charge in [0.05, 0.1) is 7.11 Å². The maximum atomic E-state index is 12.2. The summed E-state index contributed by atoms with van der Waals surface area (Å²) < 4.78 is 15.7. The van der Waals surface area contributed by atoms with Crippen LogP contribution >= 0.6 is 0 Å². The zero-order valence-electron chi connectivity index (χ0n) is 18.6. The van der Waals surface area contributed by atoms with Gasteiger partial charge in [0.15, 0.2) is 0 Å². The minimum Gasteiger partial charge on any atom is -0.467 e. The van der Waals surface area contributed by atoms with Crippen LogP contribution in [0.1, 0.15) is 46.5 Å². The summed E-state index contributed by atoms with van der Waals surface area (Å²) in [5, 5.41) is 5.39. The van der Waals surface area contributed by atoms with Crippen molar-refractivity contribution in [1.29, 1.82) is 0 Å². The lowest BCUT2D eigenvalue weighted by atomic mass is 9.93. The molecule has 11 heteroatoms. The Morgan fingerprint density at radius 1 is 0.906 bits per heavy atom. The van der Waals surface area contributed by atoms with Gasteiger partial charge in [0.25, 0.3) is 0 Å². The van der Waals surface area contributed by atoms with Crippen LogP contribution in [0, 0.1) is 0 Å². The van der Waals surface area contributed by atoms with Crippen LogP contribution < -0.4 is 15.4 Å². The monoisotopic (exact) mass is 444 g/mol. The number of carbonyl (C=O) groups excluding carboxylic acids is 2. The third-order valence-corrected chi connectivity index (χ3v) is 4.68. The molecule has 2 aromatic rings. The molecule has 0 aromatic carbocycles. The van der Waals surface area contributed by atoms with Crippen LogP contribution in [0.25, 0.3) is 11.1 Å². The molecule has 2 amide bonds. The van der Waals surface area contributed by atoms with Gasteiger partial charge < -0.3 is 19.5 Å². The van der Waals surface area contributed by atoms with Crippen molar-refractivity contribution in [2.24, 2.45) is 0 Å². The van der Waals surface area contributed by atoms with Gasteiger partial charge in [-0.1, -0.05) is 0 Å². The minimum absolute atomic E-state index is 0.00516. The number of anilines is 1.